The van der Waals surface area contributed by atoms with Gasteiger partial charge in [0.2, 0.25) is 0 Å². The standard InChI is InChI=1S/C10H14O/c1-3-5-6-9(4-2)10(11)7-8-10/h3-6,11H,1,7-8H2,2H3/b6-5-,9-4+. The van der Waals surface area contributed by atoms with Gasteiger partial charge in [0.15, 0.2) is 0 Å². The lowest BCUT2D eigenvalue weighted by Crippen LogP contribution is -2.08. The summed E-state index contributed by atoms with van der Waals surface area (Å²) >= 11 is 0. The Balaban J connectivity index is 2.65. The van der Waals surface area contributed by atoms with Crippen LogP contribution in [0.15, 0.2) is 36.5 Å². The Morgan fingerprint density at radius 3 is 2.55 bits per heavy atom. The lowest BCUT2D eigenvalue weighted by Gasteiger charge is -2.06. The van der Waals surface area contributed by atoms with Gasteiger partial charge in [-0.05, 0) is 25.3 Å². The molecule has 0 saturated heterocycles. The molecule has 0 aromatic heterocycles. The van der Waals surface area contributed by atoms with E-state index in [9.17, 15) is 5.11 Å². The zero-order valence-electron chi connectivity index (χ0n) is 6.88. The van der Waals surface area contributed by atoms with Crippen LogP contribution in [0.2, 0.25) is 0 Å². The highest BCUT2D eigenvalue weighted by atomic mass is 16.3. The predicted octanol–water partition coefficient (Wildman–Crippen LogP) is 2.20. The number of hydrogen-bond acceptors (Lipinski definition) is 1. The molecule has 0 amide bonds. The van der Waals surface area contributed by atoms with Gasteiger partial charge in [0.1, 0.15) is 0 Å². The first-order chi connectivity index (χ1) is 5.23. The molecule has 60 valence electrons. The summed E-state index contributed by atoms with van der Waals surface area (Å²) < 4.78 is 0. The van der Waals surface area contributed by atoms with Crippen molar-refractivity contribution in [3.63, 3.8) is 0 Å². The highest BCUT2D eigenvalue weighted by Gasteiger charge is 2.42. The molecular weight excluding hydrogens is 136 g/mol. The molecule has 11 heavy (non-hydrogen) atoms. The van der Waals surface area contributed by atoms with Crippen LogP contribution in [-0.4, -0.2) is 10.7 Å². The zero-order valence-corrected chi connectivity index (χ0v) is 6.88. The van der Waals surface area contributed by atoms with E-state index in [0.29, 0.717) is 0 Å². The van der Waals surface area contributed by atoms with E-state index >= 15 is 0 Å². The van der Waals surface area contributed by atoms with E-state index in [1.54, 1.807) is 6.08 Å². The van der Waals surface area contributed by atoms with Crippen molar-refractivity contribution in [1.29, 1.82) is 0 Å². The molecular formula is C10H14O. The van der Waals surface area contributed by atoms with Crippen molar-refractivity contribution in [3.05, 3.63) is 36.5 Å². The van der Waals surface area contributed by atoms with Crippen molar-refractivity contribution in [2.45, 2.75) is 25.4 Å². The predicted molar refractivity (Wildman–Crippen MR) is 47.3 cm³/mol. The maximum atomic E-state index is 9.66. The molecule has 0 heterocycles. The highest BCUT2D eigenvalue weighted by Crippen LogP contribution is 2.42. The molecule has 0 aromatic rings. The lowest BCUT2D eigenvalue weighted by atomic mass is 10.1. The first kappa shape index (κ1) is 8.28. The van der Waals surface area contributed by atoms with Crippen LogP contribution in [0, 0.1) is 0 Å². The third-order valence-electron chi connectivity index (χ3n) is 1.98. The molecule has 1 fully saturated rings. The van der Waals surface area contributed by atoms with Crippen LogP contribution in [0.3, 0.4) is 0 Å². The van der Waals surface area contributed by atoms with Gasteiger partial charge in [-0.3, -0.25) is 0 Å². The maximum absolute atomic E-state index is 9.66. The molecule has 1 heteroatoms. The van der Waals surface area contributed by atoms with Crippen LogP contribution in [0.25, 0.3) is 0 Å². The van der Waals surface area contributed by atoms with Crippen molar-refractivity contribution >= 4 is 0 Å². The molecule has 1 saturated carbocycles. The summed E-state index contributed by atoms with van der Waals surface area (Å²) in [5.41, 5.74) is 0.506. The summed E-state index contributed by atoms with van der Waals surface area (Å²) in [5, 5.41) is 9.66. The SMILES string of the molecule is C=C/C=C\C(=C/C)C1(O)CC1. The van der Waals surface area contributed by atoms with Gasteiger partial charge in [0.25, 0.3) is 0 Å². The minimum atomic E-state index is -0.506. The van der Waals surface area contributed by atoms with Gasteiger partial charge in [0.05, 0.1) is 5.60 Å². The lowest BCUT2D eigenvalue weighted by molar-refractivity contribution is 0.193. The third-order valence-corrected chi connectivity index (χ3v) is 1.98. The van der Waals surface area contributed by atoms with E-state index in [1.807, 2.05) is 25.2 Å². The fourth-order valence-corrected chi connectivity index (χ4v) is 1.10. The van der Waals surface area contributed by atoms with Crippen LogP contribution < -0.4 is 0 Å². The normalized spacial score (nSPS) is 22.2. The Morgan fingerprint density at radius 2 is 2.18 bits per heavy atom. The van der Waals surface area contributed by atoms with Crippen LogP contribution in [0.4, 0.5) is 0 Å². The van der Waals surface area contributed by atoms with E-state index in [1.165, 1.54) is 0 Å². The Kier molecular flexibility index (Phi) is 2.30. The summed E-state index contributed by atoms with van der Waals surface area (Å²) in [7, 11) is 0. The molecule has 1 aliphatic carbocycles. The minimum absolute atomic E-state index is 0.506. The van der Waals surface area contributed by atoms with E-state index in [4.69, 9.17) is 0 Å². The Bertz CT molecular complexity index is 207. The van der Waals surface area contributed by atoms with Crippen LogP contribution in [0.5, 0.6) is 0 Å². The second kappa shape index (κ2) is 3.05. The fourth-order valence-electron chi connectivity index (χ4n) is 1.10. The zero-order chi connectivity index (χ0) is 8.32. The van der Waals surface area contributed by atoms with Gasteiger partial charge in [-0.2, -0.15) is 0 Å². The summed E-state index contributed by atoms with van der Waals surface area (Å²) in [5.74, 6) is 0. The number of allylic oxidation sites excluding steroid dienone is 3. The Hall–Kier alpha value is -0.820. The maximum Gasteiger partial charge on any atom is 0.0895 e. The summed E-state index contributed by atoms with van der Waals surface area (Å²) in [4.78, 5) is 0. The van der Waals surface area contributed by atoms with E-state index < -0.39 is 5.60 Å². The quantitative estimate of drug-likeness (QED) is 0.611. The first-order valence-corrected chi connectivity index (χ1v) is 3.91. The summed E-state index contributed by atoms with van der Waals surface area (Å²) in [6, 6.07) is 0. The molecule has 0 unspecified atom stereocenters. The van der Waals surface area contributed by atoms with Gasteiger partial charge >= 0.3 is 0 Å². The smallest absolute Gasteiger partial charge is 0.0895 e. The molecule has 0 radical (unpaired) electrons. The third kappa shape index (κ3) is 1.81. The molecule has 0 bridgehead atoms. The van der Waals surface area contributed by atoms with E-state index in [0.717, 1.165) is 18.4 Å². The van der Waals surface area contributed by atoms with Gasteiger partial charge in [-0.1, -0.05) is 30.9 Å². The van der Waals surface area contributed by atoms with E-state index in [2.05, 4.69) is 6.58 Å². The molecule has 1 rings (SSSR count). The van der Waals surface area contributed by atoms with Gasteiger partial charge < -0.3 is 5.11 Å². The Morgan fingerprint density at radius 1 is 1.55 bits per heavy atom. The largest absolute Gasteiger partial charge is 0.385 e. The highest BCUT2D eigenvalue weighted by molar-refractivity contribution is 5.34. The molecule has 0 aliphatic heterocycles. The number of hydrogen-bond donors (Lipinski definition) is 1. The van der Waals surface area contributed by atoms with Crippen LogP contribution in [0.1, 0.15) is 19.8 Å². The topological polar surface area (TPSA) is 20.2 Å². The molecule has 0 aromatic carbocycles. The average molecular weight is 150 g/mol. The average Bonchev–Trinajstić information content (AvgIpc) is 2.71. The summed E-state index contributed by atoms with van der Waals surface area (Å²) in [6.45, 7) is 5.52. The van der Waals surface area contributed by atoms with Crippen molar-refractivity contribution in [1.82, 2.24) is 0 Å². The Labute approximate surface area is 67.7 Å². The fraction of sp³-hybridized carbons (Fsp3) is 0.400. The first-order valence-electron chi connectivity index (χ1n) is 3.91. The van der Waals surface area contributed by atoms with Crippen molar-refractivity contribution < 1.29 is 5.11 Å². The molecule has 0 atom stereocenters. The van der Waals surface area contributed by atoms with Crippen molar-refractivity contribution in [2.75, 3.05) is 0 Å². The number of aliphatic hydroxyl groups is 1. The minimum Gasteiger partial charge on any atom is -0.385 e. The molecule has 1 aliphatic rings. The van der Waals surface area contributed by atoms with Gasteiger partial charge in [0, 0.05) is 0 Å². The van der Waals surface area contributed by atoms with Crippen molar-refractivity contribution in [2.24, 2.45) is 0 Å². The molecule has 0 spiro atoms. The van der Waals surface area contributed by atoms with Crippen LogP contribution >= 0.6 is 0 Å². The van der Waals surface area contributed by atoms with Crippen molar-refractivity contribution in [3.8, 4) is 0 Å². The molecule has 1 nitrogen and oxygen atoms in total. The molecule has 1 N–H and O–H groups in total. The second-order valence-electron chi connectivity index (χ2n) is 2.87. The van der Waals surface area contributed by atoms with Gasteiger partial charge in [-0.25, -0.2) is 0 Å². The number of rotatable bonds is 3. The van der Waals surface area contributed by atoms with Gasteiger partial charge in [-0.15, -0.1) is 0 Å². The van der Waals surface area contributed by atoms with E-state index in [-0.39, 0.29) is 0 Å². The summed E-state index contributed by atoms with van der Waals surface area (Å²) in [6.07, 6.45) is 9.23. The second-order valence-corrected chi connectivity index (χ2v) is 2.87. The monoisotopic (exact) mass is 150 g/mol. The van der Waals surface area contributed by atoms with Crippen LogP contribution in [-0.2, 0) is 0 Å².